The number of phenolic OH excluding ortho intramolecular Hbond substituents is 1. The molecule has 28 heavy (non-hydrogen) atoms. The van der Waals surface area contributed by atoms with Crippen LogP contribution in [0.15, 0.2) is 24.3 Å². The summed E-state index contributed by atoms with van der Waals surface area (Å²) in [7, 11) is 1.34. The predicted octanol–water partition coefficient (Wildman–Crippen LogP) is 1.10. The van der Waals surface area contributed by atoms with Crippen LogP contribution in [0.5, 0.6) is 5.75 Å². The fourth-order valence-electron chi connectivity index (χ4n) is 3.96. The van der Waals surface area contributed by atoms with Crippen molar-refractivity contribution in [3.8, 4) is 5.75 Å². The number of carbonyl (C=O) groups is 2. The van der Waals surface area contributed by atoms with Crippen molar-refractivity contribution in [1.29, 1.82) is 0 Å². The van der Waals surface area contributed by atoms with Gasteiger partial charge in [-0.05, 0) is 50.6 Å². The third-order valence-corrected chi connectivity index (χ3v) is 5.70. The first-order valence-corrected chi connectivity index (χ1v) is 9.53. The van der Waals surface area contributed by atoms with Crippen molar-refractivity contribution in [1.82, 2.24) is 4.98 Å². The summed E-state index contributed by atoms with van der Waals surface area (Å²) in [6.45, 7) is 8.88. The molecule has 0 aliphatic carbocycles. The van der Waals surface area contributed by atoms with Crippen molar-refractivity contribution in [2.75, 3.05) is 38.2 Å². The van der Waals surface area contributed by atoms with Crippen molar-refractivity contribution in [2.24, 2.45) is 0 Å². The first-order chi connectivity index (χ1) is 13.3. The van der Waals surface area contributed by atoms with Gasteiger partial charge in [0.1, 0.15) is 5.75 Å². The number of carbonyl (C=O) groups excluding carboxylic acids is 2. The number of esters is 1. The molecule has 3 N–H and O–H groups in total. The molecule has 150 valence electrons. The van der Waals surface area contributed by atoms with Crippen LogP contribution in [0.2, 0.25) is 0 Å². The number of aryl methyl sites for hydroxylation is 1. The Morgan fingerprint density at radius 3 is 2.36 bits per heavy atom. The largest absolute Gasteiger partial charge is 0.508 e. The van der Waals surface area contributed by atoms with E-state index in [1.54, 1.807) is 26.0 Å². The molecule has 0 saturated carbocycles. The fraction of sp³-hybridized carbons (Fsp3) is 0.429. The SMILES string of the molecule is COC(=O)c1c(C)[nH]c(C(=O)[C@@H](C)[NH+]2CCN(c3ccc(O)cc3)CC2)c1C. The van der Waals surface area contributed by atoms with E-state index in [4.69, 9.17) is 4.74 Å². The molecule has 1 aliphatic rings. The zero-order valence-corrected chi connectivity index (χ0v) is 16.8. The van der Waals surface area contributed by atoms with E-state index in [0.29, 0.717) is 22.5 Å². The molecular weight excluding hydrogens is 358 g/mol. The molecule has 1 aromatic carbocycles. The van der Waals surface area contributed by atoms with E-state index in [-0.39, 0.29) is 17.6 Å². The van der Waals surface area contributed by atoms with Gasteiger partial charge in [0.2, 0.25) is 5.78 Å². The van der Waals surface area contributed by atoms with Crippen LogP contribution < -0.4 is 9.80 Å². The molecule has 0 amide bonds. The van der Waals surface area contributed by atoms with Crippen molar-refractivity contribution >= 4 is 17.4 Å². The quantitative estimate of drug-likeness (QED) is 0.529. The molecule has 0 spiro atoms. The Bertz CT molecular complexity index is 865. The van der Waals surface area contributed by atoms with Crippen molar-refractivity contribution in [3.63, 3.8) is 0 Å². The maximum atomic E-state index is 13.1. The van der Waals surface area contributed by atoms with E-state index in [9.17, 15) is 14.7 Å². The maximum Gasteiger partial charge on any atom is 0.339 e. The van der Waals surface area contributed by atoms with E-state index in [2.05, 4.69) is 9.88 Å². The highest BCUT2D eigenvalue weighted by Crippen LogP contribution is 2.20. The molecular formula is C21H28N3O4+. The van der Waals surface area contributed by atoms with Gasteiger partial charge in [0.15, 0.2) is 6.04 Å². The summed E-state index contributed by atoms with van der Waals surface area (Å²) < 4.78 is 4.83. The molecule has 0 unspecified atom stereocenters. The minimum Gasteiger partial charge on any atom is -0.508 e. The molecule has 7 heteroatoms. The van der Waals surface area contributed by atoms with Crippen molar-refractivity contribution in [3.05, 3.63) is 46.8 Å². The Morgan fingerprint density at radius 2 is 1.79 bits per heavy atom. The summed E-state index contributed by atoms with van der Waals surface area (Å²) in [6.07, 6.45) is 0. The second kappa shape index (κ2) is 8.06. The van der Waals surface area contributed by atoms with Crippen LogP contribution in [0.1, 0.15) is 39.0 Å². The minimum atomic E-state index is -0.423. The zero-order valence-electron chi connectivity index (χ0n) is 16.8. The topological polar surface area (TPSA) is 87.1 Å². The minimum absolute atomic E-state index is 0.0174. The van der Waals surface area contributed by atoms with Crippen LogP contribution in [0, 0.1) is 13.8 Å². The number of nitrogens with zero attached hydrogens (tertiary/aromatic N) is 1. The highest BCUT2D eigenvalue weighted by atomic mass is 16.5. The average Bonchev–Trinajstić information content (AvgIpc) is 3.01. The number of ketones is 1. The molecule has 0 radical (unpaired) electrons. The number of phenols is 1. The number of benzene rings is 1. The number of piperazine rings is 1. The van der Waals surface area contributed by atoms with Gasteiger partial charge < -0.3 is 24.6 Å². The lowest BCUT2D eigenvalue weighted by Gasteiger charge is -2.36. The summed E-state index contributed by atoms with van der Waals surface area (Å²) >= 11 is 0. The number of ether oxygens (including phenoxy) is 1. The third kappa shape index (κ3) is 3.75. The lowest BCUT2D eigenvalue weighted by Crippen LogP contribution is -3.18. The van der Waals surface area contributed by atoms with Gasteiger partial charge in [-0.3, -0.25) is 4.79 Å². The van der Waals surface area contributed by atoms with Gasteiger partial charge in [0, 0.05) is 11.4 Å². The average molecular weight is 386 g/mol. The van der Waals surface area contributed by atoms with Gasteiger partial charge in [-0.2, -0.15) is 0 Å². The van der Waals surface area contributed by atoms with Gasteiger partial charge in [-0.25, -0.2) is 4.79 Å². The number of anilines is 1. The third-order valence-electron chi connectivity index (χ3n) is 5.70. The number of H-pyrrole nitrogens is 1. The van der Waals surface area contributed by atoms with Crippen LogP contribution in [-0.2, 0) is 4.74 Å². The number of nitrogens with one attached hydrogen (secondary N) is 2. The van der Waals surface area contributed by atoms with Crippen LogP contribution >= 0.6 is 0 Å². The number of hydrogen-bond donors (Lipinski definition) is 3. The van der Waals surface area contributed by atoms with Crippen LogP contribution in [-0.4, -0.2) is 61.2 Å². The summed E-state index contributed by atoms with van der Waals surface area (Å²) in [5, 5.41) is 9.44. The molecule has 1 aliphatic heterocycles. The Hall–Kier alpha value is -2.80. The first-order valence-electron chi connectivity index (χ1n) is 9.53. The van der Waals surface area contributed by atoms with E-state index < -0.39 is 5.97 Å². The molecule has 2 heterocycles. The lowest BCUT2D eigenvalue weighted by atomic mass is 10.0. The van der Waals surface area contributed by atoms with Crippen LogP contribution in [0.3, 0.4) is 0 Å². The van der Waals surface area contributed by atoms with Crippen LogP contribution in [0.25, 0.3) is 0 Å². The molecule has 1 atom stereocenters. The number of rotatable bonds is 5. The normalized spacial score (nSPS) is 16.1. The molecule has 1 aromatic heterocycles. The molecule has 1 saturated heterocycles. The van der Waals surface area contributed by atoms with Crippen LogP contribution in [0.4, 0.5) is 5.69 Å². The fourth-order valence-corrected chi connectivity index (χ4v) is 3.96. The number of aromatic nitrogens is 1. The molecule has 7 nitrogen and oxygen atoms in total. The summed E-state index contributed by atoms with van der Waals surface area (Å²) in [5.41, 5.74) is 3.34. The number of aromatic hydroxyl groups is 1. The Kier molecular flexibility index (Phi) is 5.74. The molecule has 3 rings (SSSR count). The summed E-state index contributed by atoms with van der Waals surface area (Å²) in [5.74, 6) is -0.146. The predicted molar refractivity (Wildman–Crippen MR) is 106 cm³/mol. The first kappa shape index (κ1) is 19.9. The van der Waals surface area contributed by atoms with Crippen molar-refractivity contribution < 1.29 is 24.3 Å². The summed E-state index contributed by atoms with van der Waals surface area (Å²) in [4.78, 5) is 31.6. The number of Topliss-reactive ketones (excluding diaryl/α,β-unsaturated/α-hetero) is 1. The van der Waals surface area contributed by atoms with Gasteiger partial charge in [0.05, 0.1) is 44.5 Å². The standard InChI is InChI=1S/C21H27N3O4/c1-13-18(21(27)28-4)14(2)22-19(13)20(26)15(3)23-9-11-24(12-10-23)16-5-7-17(25)8-6-16/h5-8,15,22,25H,9-12H2,1-4H3/p+1/t15-/m1/s1. The number of quaternary nitrogens is 1. The second-order valence-corrected chi connectivity index (χ2v) is 7.36. The Balaban J connectivity index is 1.68. The van der Waals surface area contributed by atoms with Gasteiger partial charge >= 0.3 is 5.97 Å². The number of aromatic amines is 1. The lowest BCUT2D eigenvalue weighted by molar-refractivity contribution is -0.914. The smallest absolute Gasteiger partial charge is 0.339 e. The maximum absolute atomic E-state index is 13.1. The van der Waals surface area contributed by atoms with Crippen molar-refractivity contribution in [2.45, 2.75) is 26.8 Å². The number of hydrogen-bond acceptors (Lipinski definition) is 5. The molecule has 1 fully saturated rings. The molecule has 2 aromatic rings. The molecule has 0 bridgehead atoms. The number of methoxy groups -OCH3 is 1. The Labute approximate surface area is 164 Å². The van der Waals surface area contributed by atoms with Gasteiger partial charge in [-0.15, -0.1) is 0 Å². The Morgan fingerprint density at radius 1 is 1.18 bits per heavy atom. The summed E-state index contributed by atoms with van der Waals surface area (Å²) in [6, 6.07) is 7.00. The monoisotopic (exact) mass is 386 g/mol. The second-order valence-electron chi connectivity index (χ2n) is 7.36. The van der Waals surface area contributed by atoms with Gasteiger partial charge in [-0.1, -0.05) is 0 Å². The van der Waals surface area contributed by atoms with E-state index in [1.807, 2.05) is 19.1 Å². The zero-order chi connectivity index (χ0) is 20.4. The van der Waals surface area contributed by atoms with E-state index in [0.717, 1.165) is 31.9 Å². The highest BCUT2D eigenvalue weighted by molar-refractivity contribution is 6.03. The van der Waals surface area contributed by atoms with Gasteiger partial charge in [0.25, 0.3) is 0 Å². The van der Waals surface area contributed by atoms with E-state index in [1.165, 1.54) is 12.0 Å². The van der Waals surface area contributed by atoms with E-state index >= 15 is 0 Å². The highest BCUT2D eigenvalue weighted by Gasteiger charge is 2.33.